The van der Waals surface area contributed by atoms with Gasteiger partial charge in [-0.05, 0) is 17.7 Å². The maximum atomic E-state index is 11.8. The van der Waals surface area contributed by atoms with Crippen LogP contribution in [0.3, 0.4) is 0 Å². The molecule has 1 aromatic rings. The third-order valence-electron chi connectivity index (χ3n) is 2.18. The van der Waals surface area contributed by atoms with Crippen LogP contribution in [0.5, 0.6) is 11.5 Å². The van der Waals surface area contributed by atoms with E-state index in [2.05, 4.69) is 20.7 Å². The molecule has 7 heteroatoms. The van der Waals surface area contributed by atoms with Crippen molar-refractivity contribution in [1.29, 1.82) is 0 Å². The molecule has 0 aromatic heterocycles. The number of halogens is 1. The third kappa shape index (κ3) is 4.06. The Labute approximate surface area is 124 Å². The Morgan fingerprint density at radius 2 is 1.50 bits per heavy atom. The smallest absolute Gasteiger partial charge is 0.345 e. The average molecular weight is 345 g/mol. The predicted molar refractivity (Wildman–Crippen MR) is 73.0 cm³/mol. The van der Waals surface area contributed by atoms with Crippen molar-refractivity contribution >= 4 is 33.8 Å². The minimum atomic E-state index is -0.765. The zero-order valence-corrected chi connectivity index (χ0v) is 12.8. The molecule has 6 nitrogen and oxygen atoms in total. The molecule has 20 heavy (non-hydrogen) atoms. The van der Waals surface area contributed by atoms with Gasteiger partial charge in [-0.3, -0.25) is 9.59 Å². The van der Waals surface area contributed by atoms with Gasteiger partial charge >= 0.3 is 17.9 Å². The van der Waals surface area contributed by atoms with E-state index in [9.17, 15) is 14.4 Å². The number of methoxy groups -OCH3 is 1. The number of ether oxygens (including phenoxy) is 3. The molecule has 0 saturated heterocycles. The molecular weight excluding hydrogens is 332 g/mol. The van der Waals surface area contributed by atoms with E-state index in [1.54, 1.807) is 0 Å². The van der Waals surface area contributed by atoms with E-state index in [0.717, 1.165) is 0 Å². The molecule has 0 fully saturated rings. The van der Waals surface area contributed by atoms with E-state index in [1.807, 2.05) is 0 Å². The number of carbonyl (C=O) groups is 3. The number of alkyl halides is 1. The SMILES string of the molecule is COC(=O)c1c(OC(C)=O)cc(CBr)cc1OC(C)=O. The summed E-state index contributed by atoms with van der Waals surface area (Å²) in [6, 6.07) is 2.99. The van der Waals surface area contributed by atoms with Gasteiger partial charge in [-0.25, -0.2) is 4.79 Å². The van der Waals surface area contributed by atoms with Crippen LogP contribution in [0.1, 0.15) is 29.8 Å². The average Bonchev–Trinajstić information content (AvgIpc) is 2.36. The molecule has 0 spiro atoms. The molecular formula is C13H13BrO6. The van der Waals surface area contributed by atoms with E-state index >= 15 is 0 Å². The topological polar surface area (TPSA) is 78.9 Å². The van der Waals surface area contributed by atoms with Gasteiger partial charge in [0.25, 0.3) is 0 Å². The van der Waals surface area contributed by atoms with Crippen molar-refractivity contribution in [3.05, 3.63) is 23.3 Å². The van der Waals surface area contributed by atoms with Gasteiger partial charge in [0.1, 0.15) is 17.1 Å². The summed E-state index contributed by atoms with van der Waals surface area (Å²) in [6.07, 6.45) is 0. The molecule has 0 atom stereocenters. The standard InChI is InChI=1S/C13H13BrO6/c1-7(15)19-10-4-9(6-14)5-11(20-8(2)16)12(10)13(17)18-3/h4-5H,6H2,1-3H3. The van der Waals surface area contributed by atoms with Crippen molar-refractivity contribution in [2.75, 3.05) is 7.11 Å². The number of hydrogen-bond donors (Lipinski definition) is 0. The van der Waals surface area contributed by atoms with E-state index in [0.29, 0.717) is 10.9 Å². The van der Waals surface area contributed by atoms with Crippen LogP contribution in [-0.4, -0.2) is 25.0 Å². The Balaban J connectivity index is 3.47. The Bertz CT molecular complexity index is 515. The van der Waals surface area contributed by atoms with E-state index in [4.69, 9.17) is 9.47 Å². The Hall–Kier alpha value is -1.89. The van der Waals surface area contributed by atoms with Gasteiger partial charge in [-0.2, -0.15) is 0 Å². The highest BCUT2D eigenvalue weighted by Crippen LogP contribution is 2.32. The molecule has 1 rings (SSSR count). The van der Waals surface area contributed by atoms with Gasteiger partial charge in [0, 0.05) is 19.2 Å². The minimum Gasteiger partial charge on any atom is -0.465 e. The lowest BCUT2D eigenvalue weighted by molar-refractivity contribution is -0.132. The molecule has 0 N–H and O–H groups in total. The van der Waals surface area contributed by atoms with E-state index < -0.39 is 17.9 Å². The molecule has 0 unspecified atom stereocenters. The first-order valence-corrected chi connectivity index (χ1v) is 6.69. The fourth-order valence-corrected chi connectivity index (χ4v) is 1.82. The second-order valence-corrected chi connectivity index (χ2v) is 4.34. The van der Waals surface area contributed by atoms with Gasteiger partial charge in [0.05, 0.1) is 7.11 Å². The highest BCUT2D eigenvalue weighted by atomic mass is 79.9. The van der Waals surface area contributed by atoms with Crippen LogP contribution in [-0.2, 0) is 19.7 Å². The Morgan fingerprint density at radius 3 is 1.80 bits per heavy atom. The molecule has 0 aliphatic heterocycles. The lowest BCUT2D eigenvalue weighted by Gasteiger charge is -2.13. The molecule has 0 radical (unpaired) electrons. The monoisotopic (exact) mass is 344 g/mol. The van der Waals surface area contributed by atoms with Crippen molar-refractivity contribution in [1.82, 2.24) is 0 Å². The fourth-order valence-electron chi connectivity index (χ4n) is 1.50. The zero-order valence-electron chi connectivity index (χ0n) is 11.2. The summed E-state index contributed by atoms with van der Waals surface area (Å²) in [4.78, 5) is 34.0. The van der Waals surface area contributed by atoms with Crippen molar-refractivity contribution in [2.45, 2.75) is 19.2 Å². The first-order chi connectivity index (χ1) is 9.38. The minimum absolute atomic E-state index is 0.0162. The number of hydrogen-bond acceptors (Lipinski definition) is 6. The number of carbonyl (C=O) groups excluding carboxylic acids is 3. The summed E-state index contributed by atoms with van der Waals surface area (Å²) < 4.78 is 14.6. The predicted octanol–water partition coefficient (Wildman–Crippen LogP) is 2.22. The summed E-state index contributed by atoms with van der Waals surface area (Å²) in [5, 5.41) is 0.428. The third-order valence-corrected chi connectivity index (χ3v) is 2.82. The van der Waals surface area contributed by atoms with Crippen LogP contribution in [0.25, 0.3) is 0 Å². The van der Waals surface area contributed by atoms with E-state index in [-0.39, 0.29) is 17.1 Å². The molecule has 0 saturated carbocycles. The van der Waals surface area contributed by atoms with Crippen molar-refractivity contribution in [3.8, 4) is 11.5 Å². The second-order valence-electron chi connectivity index (χ2n) is 3.78. The van der Waals surface area contributed by atoms with Crippen LogP contribution >= 0.6 is 15.9 Å². The molecule has 0 bridgehead atoms. The van der Waals surface area contributed by atoms with Crippen LogP contribution in [0, 0.1) is 0 Å². The van der Waals surface area contributed by atoms with Crippen LogP contribution in [0.2, 0.25) is 0 Å². The summed E-state index contributed by atoms with van der Waals surface area (Å²) in [7, 11) is 1.18. The summed E-state index contributed by atoms with van der Waals surface area (Å²) in [5.41, 5.74) is 0.563. The molecule has 0 aliphatic carbocycles. The number of esters is 3. The highest BCUT2D eigenvalue weighted by molar-refractivity contribution is 9.08. The molecule has 108 valence electrons. The summed E-state index contributed by atoms with van der Waals surface area (Å²) in [6.45, 7) is 2.40. The molecule has 0 heterocycles. The first kappa shape index (κ1) is 16.2. The summed E-state index contributed by atoms with van der Waals surface area (Å²) >= 11 is 3.24. The molecule has 0 aliphatic rings. The normalized spacial score (nSPS) is 9.80. The van der Waals surface area contributed by atoms with Crippen molar-refractivity contribution < 1.29 is 28.6 Å². The lowest BCUT2D eigenvalue weighted by Crippen LogP contribution is -2.13. The molecule has 1 aromatic carbocycles. The molecule has 0 amide bonds. The van der Waals surface area contributed by atoms with Crippen molar-refractivity contribution in [2.24, 2.45) is 0 Å². The van der Waals surface area contributed by atoms with Gasteiger partial charge in [0.15, 0.2) is 0 Å². The summed E-state index contributed by atoms with van der Waals surface area (Å²) in [5.74, 6) is -2.00. The lowest BCUT2D eigenvalue weighted by atomic mass is 10.1. The maximum Gasteiger partial charge on any atom is 0.345 e. The number of rotatable bonds is 4. The highest BCUT2D eigenvalue weighted by Gasteiger charge is 2.23. The first-order valence-electron chi connectivity index (χ1n) is 5.57. The Morgan fingerprint density at radius 1 is 1.05 bits per heavy atom. The van der Waals surface area contributed by atoms with Gasteiger partial charge in [-0.1, -0.05) is 15.9 Å². The van der Waals surface area contributed by atoms with E-state index in [1.165, 1.54) is 33.1 Å². The van der Waals surface area contributed by atoms with Crippen LogP contribution in [0.15, 0.2) is 12.1 Å². The van der Waals surface area contributed by atoms with Gasteiger partial charge < -0.3 is 14.2 Å². The fraction of sp³-hybridized carbons (Fsp3) is 0.308. The van der Waals surface area contributed by atoms with Gasteiger partial charge in [-0.15, -0.1) is 0 Å². The Kier molecular flexibility index (Phi) is 5.69. The zero-order chi connectivity index (χ0) is 15.3. The largest absolute Gasteiger partial charge is 0.465 e. The maximum absolute atomic E-state index is 11.8. The number of benzene rings is 1. The second kappa shape index (κ2) is 7.04. The van der Waals surface area contributed by atoms with Crippen LogP contribution in [0.4, 0.5) is 0 Å². The quantitative estimate of drug-likeness (QED) is 0.473. The van der Waals surface area contributed by atoms with Gasteiger partial charge in [0.2, 0.25) is 0 Å². The van der Waals surface area contributed by atoms with Crippen molar-refractivity contribution in [3.63, 3.8) is 0 Å². The van der Waals surface area contributed by atoms with Crippen LogP contribution < -0.4 is 9.47 Å².